The van der Waals surface area contributed by atoms with Crippen LogP contribution in [0.1, 0.15) is 42.7 Å². The molecule has 1 aromatic carbocycles. The van der Waals surface area contributed by atoms with Crippen LogP contribution in [0.4, 0.5) is 5.95 Å². The van der Waals surface area contributed by atoms with Crippen molar-refractivity contribution < 1.29 is 4.79 Å². The molecule has 5 nitrogen and oxygen atoms in total. The van der Waals surface area contributed by atoms with E-state index in [-0.39, 0.29) is 5.91 Å². The maximum absolute atomic E-state index is 12.3. The molecule has 1 N–H and O–H groups in total. The number of benzene rings is 1. The van der Waals surface area contributed by atoms with Crippen LogP contribution in [-0.4, -0.2) is 29.0 Å². The first kappa shape index (κ1) is 18.2. The Hall–Kier alpha value is -2.14. The fraction of sp³-hybridized carbons (Fsp3) is 0.389. The summed E-state index contributed by atoms with van der Waals surface area (Å²) in [5.41, 5.74) is 1.37. The van der Waals surface area contributed by atoms with E-state index in [1.165, 1.54) is 0 Å². The average Bonchev–Trinajstić information content (AvgIpc) is 2.61. The van der Waals surface area contributed by atoms with Gasteiger partial charge in [-0.2, -0.15) is 0 Å². The minimum Gasteiger partial charge on any atom is -0.347 e. The molecule has 0 atom stereocenters. The van der Waals surface area contributed by atoms with Crippen LogP contribution in [0.3, 0.4) is 0 Å². The van der Waals surface area contributed by atoms with Gasteiger partial charge in [0.25, 0.3) is 5.91 Å². The number of anilines is 1. The lowest BCUT2D eigenvalue weighted by molar-refractivity contribution is 0.0946. The fourth-order valence-corrected chi connectivity index (χ4v) is 2.48. The Bertz CT molecular complexity index is 654. The lowest BCUT2D eigenvalue weighted by atomic mass is 10.2. The Kier molecular flexibility index (Phi) is 7.00. The van der Waals surface area contributed by atoms with Crippen LogP contribution in [0.25, 0.3) is 0 Å². The summed E-state index contributed by atoms with van der Waals surface area (Å²) in [5.74, 6) is 0.402. The molecule has 1 aromatic heterocycles. The first-order chi connectivity index (χ1) is 11.6. The van der Waals surface area contributed by atoms with Crippen molar-refractivity contribution in [1.82, 2.24) is 15.3 Å². The van der Waals surface area contributed by atoms with E-state index in [0.717, 1.165) is 31.5 Å². The Morgan fingerprint density at radius 3 is 2.42 bits per heavy atom. The van der Waals surface area contributed by atoms with E-state index in [1.807, 2.05) is 12.1 Å². The van der Waals surface area contributed by atoms with Gasteiger partial charge in [0, 0.05) is 30.9 Å². The molecule has 0 fully saturated rings. The highest BCUT2D eigenvalue weighted by atomic mass is 35.5. The van der Waals surface area contributed by atoms with Crippen LogP contribution in [0.5, 0.6) is 0 Å². The second kappa shape index (κ2) is 9.23. The summed E-state index contributed by atoms with van der Waals surface area (Å²) in [6.07, 6.45) is 3.66. The van der Waals surface area contributed by atoms with Crippen molar-refractivity contribution >= 4 is 23.5 Å². The SMILES string of the molecule is CCCN(CCC)c1nccc(C(=O)NCc2ccc(Cl)cc2)n1. The molecule has 0 unspecified atom stereocenters. The van der Waals surface area contributed by atoms with Crippen molar-refractivity contribution in [2.24, 2.45) is 0 Å². The quantitative estimate of drug-likeness (QED) is 0.792. The maximum atomic E-state index is 12.3. The number of nitrogens with zero attached hydrogens (tertiary/aromatic N) is 3. The summed E-state index contributed by atoms with van der Waals surface area (Å²) < 4.78 is 0. The van der Waals surface area contributed by atoms with Gasteiger partial charge in [-0.25, -0.2) is 9.97 Å². The van der Waals surface area contributed by atoms with Crippen molar-refractivity contribution in [3.05, 3.63) is 52.8 Å². The molecular formula is C18H23ClN4O. The number of rotatable bonds is 8. The highest BCUT2D eigenvalue weighted by molar-refractivity contribution is 6.30. The Morgan fingerprint density at radius 1 is 1.12 bits per heavy atom. The van der Waals surface area contributed by atoms with E-state index in [0.29, 0.717) is 23.2 Å². The lowest BCUT2D eigenvalue weighted by Gasteiger charge is -2.21. The molecule has 0 aliphatic carbocycles. The third-order valence-electron chi connectivity index (χ3n) is 3.51. The van der Waals surface area contributed by atoms with Gasteiger partial charge in [0.1, 0.15) is 5.69 Å². The number of carbonyl (C=O) groups is 1. The van der Waals surface area contributed by atoms with Gasteiger partial charge in [0.2, 0.25) is 5.95 Å². The molecule has 128 valence electrons. The van der Waals surface area contributed by atoms with E-state index < -0.39 is 0 Å². The van der Waals surface area contributed by atoms with Crippen molar-refractivity contribution in [2.45, 2.75) is 33.2 Å². The van der Waals surface area contributed by atoms with Crippen molar-refractivity contribution in [3.8, 4) is 0 Å². The van der Waals surface area contributed by atoms with Gasteiger partial charge in [-0.05, 0) is 36.6 Å². The van der Waals surface area contributed by atoms with Crippen LogP contribution >= 0.6 is 11.6 Å². The molecule has 0 bridgehead atoms. The molecule has 24 heavy (non-hydrogen) atoms. The molecule has 0 spiro atoms. The predicted octanol–water partition coefficient (Wildman–Crippen LogP) is 3.69. The predicted molar refractivity (Wildman–Crippen MR) is 97.4 cm³/mol. The number of hydrogen-bond donors (Lipinski definition) is 1. The van der Waals surface area contributed by atoms with Crippen LogP contribution < -0.4 is 10.2 Å². The second-order valence-electron chi connectivity index (χ2n) is 5.54. The number of halogens is 1. The highest BCUT2D eigenvalue weighted by Crippen LogP contribution is 2.11. The van der Waals surface area contributed by atoms with E-state index in [4.69, 9.17) is 11.6 Å². The van der Waals surface area contributed by atoms with Gasteiger partial charge in [-0.3, -0.25) is 4.79 Å². The van der Waals surface area contributed by atoms with Crippen molar-refractivity contribution in [2.75, 3.05) is 18.0 Å². The molecular weight excluding hydrogens is 324 g/mol. The van der Waals surface area contributed by atoms with Crippen LogP contribution in [-0.2, 0) is 6.54 Å². The lowest BCUT2D eigenvalue weighted by Crippen LogP contribution is -2.29. The van der Waals surface area contributed by atoms with Crippen molar-refractivity contribution in [3.63, 3.8) is 0 Å². The van der Waals surface area contributed by atoms with E-state index in [1.54, 1.807) is 24.4 Å². The zero-order chi connectivity index (χ0) is 17.4. The topological polar surface area (TPSA) is 58.1 Å². The third kappa shape index (κ3) is 5.20. The third-order valence-corrected chi connectivity index (χ3v) is 3.76. The molecule has 1 amide bonds. The van der Waals surface area contributed by atoms with Crippen LogP contribution in [0.15, 0.2) is 36.5 Å². The molecule has 0 aliphatic heterocycles. The Morgan fingerprint density at radius 2 is 1.79 bits per heavy atom. The van der Waals surface area contributed by atoms with E-state index in [9.17, 15) is 4.79 Å². The number of hydrogen-bond acceptors (Lipinski definition) is 4. The summed E-state index contributed by atoms with van der Waals surface area (Å²) in [6, 6.07) is 9.02. The average molecular weight is 347 g/mol. The molecule has 2 rings (SSSR count). The second-order valence-corrected chi connectivity index (χ2v) is 5.97. The summed E-state index contributed by atoms with van der Waals surface area (Å²) in [5, 5.41) is 3.55. The van der Waals surface area contributed by atoms with Crippen LogP contribution in [0.2, 0.25) is 5.02 Å². The summed E-state index contributed by atoms with van der Waals surface area (Å²) in [4.78, 5) is 23.2. The van der Waals surface area contributed by atoms with Gasteiger partial charge >= 0.3 is 0 Å². The van der Waals surface area contributed by atoms with Crippen molar-refractivity contribution in [1.29, 1.82) is 0 Å². The number of amides is 1. The van der Waals surface area contributed by atoms with Gasteiger partial charge in [-0.1, -0.05) is 37.6 Å². The molecule has 1 heterocycles. The first-order valence-electron chi connectivity index (χ1n) is 8.24. The molecule has 6 heteroatoms. The monoisotopic (exact) mass is 346 g/mol. The molecule has 0 saturated heterocycles. The number of aromatic nitrogens is 2. The van der Waals surface area contributed by atoms with Gasteiger partial charge in [-0.15, -0.1) is 0 Å². The maximum Gasteiger partial charge on any atom is 0.270 e. The van der Waals surface area contributed by atoms with Crippen LogP contribution in [0, 0.1) is 0 Å². The molecule has 0 radical (unpaired) electrons. The zero-order valence-electron chi connectivity index (χ0n) is 14.1. The molecule has 0 saturated carbocycles. The number of nitrogens with one attached hydrogen (secondary N) is 1. The first-order valence-corrected chi connectivity index (χ1v) is 8.62. The van der Waals surface area contributed by atoms with Gasteiger partial charge in [0.15, 0.2) is 0 Å². The Labute approximate surface area is 148 Å². The van der Waals surface area contributed by atoms with Gasteiger partial charge in [0.05, 0.1) is 0 Å². The van der Waals surface area contributed by atoms with E-state index in [2.05, 4.69) is 34.0 Å². The molecule has 0 aliphatic rings. The minimum absolute atomic E-state index is 0.207. The highest BCUT2D eigenvalue weighted by Gasteiger charge is 2.12. The van der Waals surface area contributed by atoms with Gasteiger partial charge < -0.3 is 10.2 Å². The fourth-order valence-electron chi connectivity index (χ4n) is 2.35. The minimum atomic E-state index is -0.207. The summed E-state index contributed by atoms with van der Waals surface area (Å²) in [6.45, 7) is 6.42. The normalized spacial score (nSPS) is 10.5. The Balaban J connectivity index is 2.03. The molecule has 2 aromatic rings. The number of carbonyl (C=O) groups excluding carboxylic acids is 1. The zero-order valence-corrected chi connectivity index (χ0v) is 14.9. The summed E-state index contributed by atoms with van der Waals surface area (Å²) in [7, 11) is 0. The summed E-state index contributed by atoms with van der Waals surface area (Å²) >= 11 is 5.86. The van der Waals surface area contributed by atoms with E-state index >= 15 is 0 Å². The smallest absolute Gasteiger partial charge is 0.270 e. The standard InChI is InChI=1S/C18H23ClN4O/c1-3-11-23(12-4-2)18-20-10-9-16(22-18)17(24)21-13-14-5-7-15(19)8-6-14/h5-10H,3-4,11-13H2,1-2H3,(H,21,24). The largest absolute Gasteiger partial charge is 0.347 e.